The van der Waals surface area contributed by atoms with E-state index in [9.17, 15) is 34.6 Å². The van der Waals surface area contributed by atoms with E-state index in [-0.39, 0.29) is 35.6 Å². The molecule has 0 aliphatic carbocycles. The Hall–Kier alpha value is -4.75. The predicted octanol–water partition coefficient (Wildman–Crippen LogP) is 2.39. The number of fused-ring (bicyclic) bond motifs is 2. The van der Waals surface area contributed by atoms with E-state index < -0.39 is 16.1 Å². The summed E-state index contributed by atoms with van der Waals surface area (Å²) in [5, 5.41) is 22.6. The second-order valence-corrected chi connectivity index (χ2v) is 7.90. The lowest BCUT2D eigenvalue weighted by Crippen LogP contribution is -2.26. The molecule has 37 heavy (non-hydrogen) atoms. The maximum Gasteiger partial charge on any atom is 0.270 e. The van der Waals surface area contributed by atoms with E-state index in [0.29, 0.717) is 41.3 Å². The zero-order valence-electron chi connectivity index (χ0n) is 19.2. The fourth-order valence-corrected chi connectivity index (χ4v) is 3.92. The van der Waals surface area contributed by atoms with Crippen LogP contribution in [-0.4, -0.2) is 44.8 Å². The van der Waals surface area contributed by atoms with Crippen LogP contribution < -0.4 is 11.1 Å². The Bertz CT molecular complexity index is 1620. The molecule has 1 saturated heterocycles. The number of nitro groups is 2. The molecular weight excluding hydrogens is 488 g/mol. The van der Waals surface area contributed by atoms with Crippen LogP contribution in [0.5, 0.6) is 0 Å². The Morgan fingerprint density at radius 3 is 1.76 bits per heavy atom. The molecule has 0 N–H and O–H groups in total. The van der Waals surface area contributed by atoms with Gasteiger partial charge in [0.2, 0.25) is 0 Å². The van der Waals surface area contributed by atoms with E-state index in [1.165, 1.54) is 57.7 Å². The summed E-state index contributed by atoms with van der Waals surface area (Å²) in [7, 11) is 0. The molecule has 3 heterocycles. The molecule has 0 unspecified atom stereocenters. The van der Waals surface area contributed by atoms with Crippen LogP contribution in [0.2, 0.25) is 0 Å². The lowest BCUT2D eigenvalue weighted by Gasteiger charge is -2.13. The first-order valence-corrected chi connectivity index (χ1v) is 11.0. The number of carbonyl (C=O) groups excluding carboxylic acids is 1. The lowest BCUT2D eigenvalue weighted by atomic mass is 10.2. The molecule has 1 aliphatic rings. The number of carbonyl (C=O) groups is 1. The van der Waals surface area contributed by atoms with Crippen LogP contribution in [0.1, 0.15) is 0 Å². The van der Waals surface area contributed by atoms with Crippen molar-refractivity contribution >= 4 is 39.5 Å². The quantitative estimate of drug-likeness (QED) is 0.216. The highest BCUT2D eigenvalue weighted by atomic mass is 16.7. The number of non-ortho nitro benzene ring substituents is 2. The van der Waals surface area contributed by atoms with Crippen molar-refractivity contribution < 1.29 is 24.1 Å². The molecule has 1 aliphatic heterocycles. The Balaban J connectivity index is 0.000000176. The van der Waals surface area contributed by atoms with Gasteiger partial charge in [0.25, 0.3) is 22.5 Å². The summed E-state index contributed by atoms with van der Waals surface area (Å²) < 4.78 is 13.4. The minimum Gasteiger partial charge on any atom is -0.348 e. The molecule has 0 radical (unpaired) electrons. The van der Waals surface area contributed by atoms with Gasteiger partial charge in [-0.2, -0.15) is 0 Å². The smallest absolute Gasteiger partial charge is 0.270 e. The van der Waals surface area contributed by atoms with Crippen LogP contribution in [0, 0.1) is 20.2 Å². The van der Waals surface area contributed by atoms with Crippen LogP contribution in [0.25, 0.3) is 21.8 Å². The highest BCUT2D eigenvalue weighted by molar-refractivity contribution is 5.82. The van der Waals surface area contributed by atoms with Crippen molar-refractivity contribution in [1.82, 2.24) is 9.13 Å². The summed E-state index contributed by atoms with van der Waals surface area (Å²) in [6, 6.07) is 14.3. The van der Waals surface area contributed by atoms with Gasteiger partial charge in [-0.15, -0.1) is 0 Å². The third-order valence-corrected chi connectivity index (χ3v) is 5.65. The molecule has 2 aromatic heterocycles. The second kappa shape index (κ2) is 10.9. The number of aldehydes is 1. The van der Waals surface area contributed by atoms with Crippen molar-refractivity contribution in [3.05, 3.63) is 102 Å². The van der Waals surface area contributed by atoms with E-state index in [2.05, 4.69) is 0 Å². The van der Waals surface area contributed by atoms with Crippen molar-refractivity contribution in [3.8, 4) is 0 Å². The first-order chi connectivity index (χ1) is 17.8. The molecule has 13 heteroatoms. The van der Waals surface area contributed by atoms with Gasteiger partial charge in [-0.05, 0) is 24.3 Å². The molecule has 0 spiro atoms. The molecule has 2 aromatic carbocycles. The summed E-state index contributed by atoms with van der Waals surface area (Å²) in [4.78, 5) is 54.4. The van der Waals surface area contributed by atoms with Gasteiger partial charge in [-0.3, -0.25) is 29.8 Å². The van der Waals surface area contributed by atoms with Crippen molar-refractivity contribution in [3.63, 3.8) is 0 Å². The average Bonchev–Trinajstić information content (AvgIpc) is 3.40. The molecular formula is C24H20N4O9. The van der Waals surface area contributed by atoms with Gasteiger partial charge in [-0.25, -0.2) is 0 Å². The lowest BCUT2D eigenvalue weighted by molar-refractivity contribution is -0.384. The largest absolute Gasteiger partial charge is 0.348 e. The van der Waals surface area contributed by atoms with Crippen molar-refractivity contribution in [1.29, 1.82) is 0 Å². The summed E-state index contributed by atoms with van der Waals surface area (Å²) in [5.41, 5.74) is 0.589. The number of hydrogen-bond acceptors (Lipinski definition) is 9. The second-order valence-electron chi connectivity index (χ2n) is 7.90. The van der Waals surface area contributed by atoms with Gasteiger partial charge in [0.05, 0.1) is 47.2 Å². The highest BCUT2D eigenvalue weighted by Crippen LogP contribution is 2.21. The Morgan fingerprint density at radius 2 is 1.27 bits per heavy atom. The third-order valence-electron chi connectivity index (χ3n) is 5.65. The van der Waals surface area contributed by atoms with Gasteiger partial charge in [0, 0.05) is 47.2 Å². The first-order valence-electron chi connectivity index (χ1n) is 11.0. The minimum atomic E-state index is -0.505. The van der Waals surface area contributed by atoms with Crippen molar-refractivity contribution in [2.24, 2.45) is 0 Å². The Morgan fingerprint density at radius 1 is 0.784 bits per heavy atom. The zero-order chi connectivity index (χ0) is 26.5. The number of rotatable bonds is 6. The molecule has 4 aromatic rings. The van der Waals surface area contributed by atoms with Crippen LogP contribution in [0.15, 0.2) is 70.3 Å². The number of benzene rings is 2. The number of aromatic nitrogens is 2. The monoisotopic (exact) mass is 508 g/mol. The molecule has 13 nitrogen and oxygen atoms in total. The van der Waals surface area contributed by atoms with Gasteiger partial charge in [0.1, 0.15) is 6.29 Å². The van der Waals surface area contributed by atoms with Crippen molar-refractivity contribution in [2.75, 3.05) is 13.2 Å². The number of hydrogen-bond donors (Lipinski definition) is 0. The maximum absolute atomic E-state index is 12.0. The number of pyridine rings is 2. The van der Waals surface area contributed by atoms with E-state index in [1.54, 1.807) is 12.1 Å². The topological polar surface area (TPSA) is 166 Å². The Kier molecular flexibility index (Phi) is 7.46. The molecule has 0 saturated carbocycles. The maximum atomic E-state index is 12.0. The predicted molar refractivity (Wildman–Crippen MR) is 131 cm³/mol. The highest BCUT2D eigenvalue weighted by Gasteiger charge is 2.18. The third kappa shape index (κ3) is 5.58. The summed E-state index contributed by atoms with van der Waals surface area (Å²) in [5.74, 6) is 0. The van der Waals surface area contributed by atoms with Gasteiger partial charge in [-0.1, -0.05) is 0 Å². The number of ether oxygens (including phenoxy) is 2. The molecule has 1 fully saturated rings. The molecule has 0 atom stereocenters. The van der Waals surface area contributed by atoms with Crippen molar-refractivity contribution in [2.45, 2.75) is 19.4 Å². The van der Waals surface area contributed by atoms with E-state index in [0.717, 1.165) is 0 Å². The fourth-order valence-electron chi connectivity index (χ4n) is 3.92. The van der Waals surface area contributed by atoms with E-state index in [4.69, 9.17) is 9.47 Å². The summed E-state index contributed by atoms with van der Waals surface area (Å²) >= 11 is 0. The zero-order valence-corrected chi connectivity index (χ0v) is 19.2. The fraction of sp³-hybridized carbons (Fsp3) is 0.208. The van der Waals surface area contributed by atoms with Crippen LogP contribution >= 0.6 is 0 Å². The van der Waals surface area contributed by atoms with E-state index in [1.807, 2.05) is 0 Å². The number of nitro benzene ring substituents is 2. The number of nitrogens with zero attached hydrogens (tertiary/aromatic N) is 4. The summed E-state index contributed by atoms with van der Waals surface area (Å²) in [6.07, 6.45) is 0.163. The molecule has 190 valence electrons. The van der Waals surface area contributed by atoms with Gasteiger partial charge >= 0.3 is 0 Å². The van der Waals surface area contributed by atoms with Gasteiger partial charge in [0.15, 0.2) is 6.29 Å². The average molecular weight is 508 g/mol. The summed E-state index contributed by atoms with van der Waals surface area (Å²) in [6.45, 7) is 1.23. The van der Waals surface area contributed by atoms with Crippen LogP contribution in [-0.2, 0) is 27.4 Å². The SMILES string of the molecule is O=CCn1c(=O)ccc2cc([N+](=O)[O-])ccc21.O=c1ccc2cc([N+](=O)[O-])ccc2n1CC1OCCO1. The standard InChI is InChI=1S/C13H12N2O5.C11H8N2O4/c16-12-4-1-9-7-10(15(17)18)2-3-11(9)14(12)8-13-19-5-6-20-13;14-6-5-12-10-3-2-9(13(16)17)7-8(10)1-4-11(12)15/h1-4,7,13H,5-6,8H2;1-4,6-7H,5H2. The van der Waals surface area contributed by atoms with Crippen LogP contribution in [0.3, 0.4) is 0 Å². The first kappa shape index (κ1) is 25.3. The van der Waals surface area contributed by atoms with E-state index >= 15 is 0 Å². The minimum absolute atomic E-state index is 0.00364. The van der Waals surface area contributed by atoms with Gasteiger partial charge < -0.3 is 23.4 Å². The Labute approximate surface area is 207 Å². The molecule has 0 amide bonds. The van der Waals surface area contributed by atoms with Crippen LogP contribution in [0.4, 0.5) is 11.4 Å². The molecule has 0 bridgehead atoms. The normalized spacial score (nSPS) is 13.3. The molecule has 5 rings (SSSR count).